The van der Waals surface area contributed by atoms with Crippen LogP contribution in [0.4, 0.5) is 0 Å². The molecule has 0 saturated heterocycles. The Labute approximate surface area is 67.5 Å². The lowest BCUT2D eigenvalue weighted by Gasteiger charge is -2.10. The Morgan fingerprint density at radius 2 is 2.40 bits per heavy atom. The van der Waals surface area contributed by atoms with Gasteiger partial charge in [0, 0.05) is 17.6 Å². The molecule has 1 nitrogen and oxygen atoms in total. The number of halogens is 1. The number of nitrogens with one attached hydrogen (secondary N) is 1. The molecule has 0 aromatic rings. The maximum atomic E-state index is 5.59. The van der Waals surface area contributed by atoms with Gasteiger partial charge in [-0.3, -0.25) is 0 Å². The van der Waals surface area contributed by atoms with Crippen molar-refractivity contribution in [1.82, 2.24) is 5.32 Å². The molecule has 1 fully saturated rings. The van der Waals surface area contributed by atoms with E-state index in [0.29, 0.717) is 11.1 Å². The Hall–Kier alpha value is -0.0100. The van der Waals surface area contributed by atoms with Crippen LogP contribution in [0.1, 0.15) is 19.8 Å². The second kappa shape index (κ2) is 3.40. The molecule has 0 aromatic carbocycles. The van der Waals surface area contributed by atoms with Gasteiger partial charge in [-0.05, 0) is 25.7 Å². The molecule has 0 amide bonds. The van der Waals surface area contributed by atoms with Gasteiger partial charge in [0.2, 0.25) is 0 Å². The third-order valence-corrected chi connectivity index (χ3v) is 2.08. The van der Waals surface area contributed by atoms with E-state index in [0.717, 1.165) is 12.5 Å². The molecule has 1 atom stereocenters. The van der Waals surface area contributed by atoms with Crippen LogP contribution < -0.4 is 5.32 Å². The van der Waals surface area contributed by atoms with Crippen molar-refractivity contribution >= 4 is 11.6 Å². The summed E-state index contributed by atoms with van der Waals surface area (Å²) in [5, 5.41) is 4.01. The lowest BCUT2D eigenvalue weighted by Crippen LogP contribution is -2.28. The Morgan fingerprint density at radius 3 is 2.80 bits per heavy atom. The summed E-state index contributed by atoms with van der Waals surface area (Å²) in [6.07, 6.45) is 2.76. The SMILES string of the molecule is C=C(Cl)CNC(C)C1CC1. The highest BCUT2D eigenvalue weighted by molar-refractivity contribution is 6.29. The van der Waals surface area contributed by atoms with Crippen LogP contribution in [0, 0.1) is 5.92 Å². The van der Waals surface area contributed by atoms with E-state index < -0.39 is 0 Å². The molecule has 1 N–H and O–H groups in total. The minimum atomic E-state index is 0.621. The maximum Gasteiger partial charge on any atom is 0.0310 e. The normalized spacial score (nSPS) is 20.6. The lowest BCUT2D eigenvalue weighted by atomic mass is 10.2. The van der Waals surface area contributed by atoms with Crippen LogP contribution in [-0.2, 0) is 0 Å². The molecule has 1 aliphatic carbocycles. The minimum absolute atomic E-state index is 0.621. The second-order valence-electron chi connectivity index (χ2n) is 3.02. The summed E-state index contributed by atoms with van der Waals surface area (Å²) >= 11 is 5.59. The molecular weight excluding hydrogens is 146 g/mol. The zero-order valence-corrected chi connectivity index (χ0v) is 7.12. The Bertz CT molecular complexity index is 129. The van der Waals surface area contributed by atoms with Gasteiger partial charge in [0.05, 0.1) is 0 Å². The molecule has 58 valence electrons. The zero-order chi connectivity index (χ0) is 7.56. The van der Waals surface area contributed by atoms with E-state index in [1.807, 2.05) is 0 Å². The molecule has 0 bridgehead atoms. The van der Waals surface area contributed by atoms with E-state index in [1.54, 1.807) is 0 Å². The highest BCUT2D eigenvalue weighted by atomic mass is 35.5. The first kappa shape index (κ1) is 8.09. The van der Waals surface area contributed by atoms with Crippen molar-refractivity contribution in [2.75, 3.05) is 6.54 Å². The van der Waals surface area contributed by atoms with Crippen LogP contribution in [-0.4, -0.2) is 12.6 Å². The summed E-state index contributed by atoms with van der Waals surface area (Å²) in [6, 6.07) is 0.621. The van der Waals surface area contributed by atoms with E-state index in [2.05, 4.69) is 18.8 Å². The molecular formula is C8H14ClN. The molecule has 1 unspecified atom stereocenters. The molecule has 1 aliphatic rings. The van der Waals surface area contributed by atoms with Crippen molar-refractivity contribution in [1.29, 1.82) is 0 Å². The van der Waals surface area contributed by atoms with Gasteiger partial charge in [-0.1, -0.05) is 18.2 Å². The average Bonchev–Trinajstić information content (AvgIpc) is 2.63. The van der Waals surface area contributed by atoms with Gasteiger partial charge >= 0.3 is 0 Å². The highest BCUT2D eigenvalue weighted by Gasteiger charge is 2.27. The lowest BCUT2D eigenvalue weighted by molar-refractivity contribution is 0.522. The van der Waals surface area contributed by atoms with Crippen LogP contribution >= 0.6 is 11.6 Å². The van der Waals surface area contributed by atoms with Crippen molar-refractivity contribution in [2.24, 2.45) is 5.92 Å². The van der Waals surface area contributed by atoms with Crippen LogP contribution in [0.15, 0.2) is 11.6 Å². The largest absolute Gasteiger partial charge is 0.309 e. The molecule has 0 aromatic heterocycles. The van der Waals surface area contributed by atoms with E-state index in [1.165, 1.54) is 12.8 Å². The van der Waals surface area contributed by atoms with Crippen molar-refractivity contribution in [2.45, 2.75) is 25.8 Å². The smallest absolute Gasteiger partial charge is 0.0310 e. The number of hydrogen-bond acceptors (Lipinski definition) is 1. The van der Waals surface area contributed by atoms with Gasteiger partial charge < -0.3 is 5.32 Å². The number of hydrogen-bond donors (Lipinski definition) is 1. The van der Waals surface area contributed by atoms with Crippen LogP contribution in [0.3, 0.4) is 0 Å². The molecule has 0 spiro atoms. The molecule has 0 heterocycles. The Balaban J connectivity index is 2.05. The minimum Gasteiger partial charge on any atom is -0.309 e. The fourth-order valence-corrected chi connectivity index (χ4v) is 1.11. The summed E-state index contributed by atoms with van der Waals surface area (Å²) < 4.78 is 0. The van der Waals surface area contributed by atoms with Gasteiger partial charge in [0.25, 0.3) is 0 Å². The predicted molar refractivity (Wildman–Crippen MR) is 45.2 cm³/mol. The first-order valence-electron chi connectivity index (χ1n) is 3.77. The fourth-order valence-electron chi connectivity index (χ4n) is 1.03. The van der Waals surface area contributed by atoms with Crippen molar-refractivity contribution < 1.29 is 0 Å². The second-order valence-corrected chi connectivity index (χ2v) is 3.56. The summed E-state index contributed by atoms with van der Waals surface area (Å²) in [6.45, 7) is 6.56. The van der Waals surface area contributed by atoms with E-state index in [9.17, 15) is 0 Å². The Kier molecular flexibility index (Phi) is 2.75. The molecule has 1 rings (SSSR count). The first-order chi connectivity index (χ1) is 4.70. The van der Waals surface area contributed by atoms with Crippen molar-refractivity contribution in [3.8, 4) is 0 Å². The summed E-state index contributed by atoms with van der Waals surface area (Å²) in [5.74, 6) is 0.899. The average molecular weight is 160 g/mol. The van der Waals surface area contributed by atoms with Gasteiger partial charge in [-0.2, -0.15) is 0 Å². The van der Waals surface area contributed by atoms with Gasteiger partial charge in [0.15, 0.2) is 0 Å². The van der Waals surface area contributed by atoms with Crippen LogP contribution in [0.25, 0.3) is 0 Å². The quantitative estimate of drug-likeness (QED) is 0.663. The first-order valence-corrected chi connectivity index (χ1v) is 4.14. The third-order valence-electron chi connectivity index (χ3n) is 1.94. The maximum absolute atomic E-state index is 5.59. The summed E-state index contributed by atoms with van der Waals surface area (Å²) in [4.78, 5) is 0. The van der Waals surface area contributed by atoms with Crippen molar-refractivity contribution in [3.63, 3.8) is 0 Å². The third kappa shape index (κ3) is 2.72. The molecule has 2 heteroatoms. The highest BCUT2D eigenvalue weighted by Crippen LogP contribution is 2.32. The molecule has 10 heavy (non-hydrogen) atoms. The van der Waals surface area contributed by atoms with E-state index >= 15 is 0 Å². The van der Waals surface area contributed by atoms with Gasteiger partial charge in [-0.15, -0.1) is 0 Å². The monoisotopic (exact) mass is 159 g/mol. The Morgan fingerprint density at radius 1 is 1.80 bits per heavy atom. The van der Waals surface area contributed by atoms with Gasteiger partial charge in [0.1, 0.15) is 0 Å². The van der Waals surface area contributed by atoms with E-state index in [-0.39, 0.29) is 0 Å². The molecule has 1 saturated carbocycles. The zero-order valence-electron chi connectivity index (χ0n) is 6.36. The topological polar surface area (TPSA) is 12.0 Å². The van der Waals surface area contributed by atoms with Gasteiger partial charge in [-0.25, -0.2) is 0 Å². The van der Waals surface area contributed by atoms with Crippen LogP contribution in [0.5, 0.6) is 0 Å². The molecule has 0 aliphatic heterocycles. The van der Waals surface area contributed by atoms with Crippen molar-refractivity contribution in [3.05, 3.63) is 11.6 Å². The predicted octanol–water partition coefficient (Wildman–Crippen LogP) is 2.13. The van der Waals surface area contributed by atoms with Crippen LogP contribution in [0.2, 0.25) is 0 Å². The molecule has 0 radical (unpaired) electrons. The summed E-state index contributed by atoms with van der Waals surface area (Å²) in [7, 11) is 0. The summed E-state index contributed by atoms with van der Waals surface area (Å²) in [5.41, 5.74) is 0. The standard InChI is InChI=1S/C8H14ClN/c1-6(9)5-10-7(2)8-3-4-8/h7-8,10H,1,3-5H2,2H3. The fraction of sp³-hybridized carbons (Fsp3) is 0.750. The number of rotatable bonds is 4. The van der Waals surface area contributed by atoms with E-state index in [4.69, 9.17) is 11.6 Å².